The lowest BCUT2D eigenvalue weighted by molar-refractivity contribution is 1.09. The highest BCUT2D eigenvalue weighted by Crippen LogP contribution is 1.64. The molecule has 0 N–H and O–H groups in total. The Bertz CT molecular complexity index is 154. The van der Waals surface area contributed by atoms with Gasteiger partial charge in [0.1, 0.15) is 14.5 Å². The van der Waals surface area contributed by atoms with E-state index in [-0.39, 0.29) is 6.67 Å². The van der Waals surface area contributed by atoms with Crippen LogP contribution in [-0.4, -0.2) is 34.4 Å². The molecule has 0 heterocycles. The predicted molar refractivity (Wildman–Crippen MR) is 38.2 cm³/mol. The molecular weight excluding hydrogens is 112 g/mol. The fraction of sp³-hybridized carbons (Fsp3) is 0.250. The van der Waals surface area contributed by atoms with Crippen molar-refractivity contribution < 1.29 is 0 Å². The largest absolute Gasteiger partial charge is 0.302 e. The number of nitrogens with zero attached hydrogens (tertiary/aromatic N) is 3. The molecule has 3 nitrogen and oxygen atoms in total. The van der Waals surface area contributed by atoms with E-state index >= 15 is 0 Å². The van der Waals surface area contributed by atoms with Crippen LogP contribution < -0.4 is 0 Å². The van der Waals surface area contributed by atoms with Gasteiger partial charge in [0.2, 0.25) is 0 Å². The van der Waals surface area contributed by atoms with Gasteiger partial charge in [-0.2, -0.15) is 0 Å². The van der Waals surface area contributed by atoms with E-state index in [9.17, 15) is 0 Å². The summed E-state index contributed by atoms with van der Waals surface area (Å²) in [6.45, 7) is 0.203. The summed E-state index contributed by atoms with van der Waals surface area (Å²) in [5.74, 6) is 3.56. The van der Waals surface area contributed by atoms with Gasteiger partial charge in [-0.3, -0.25) is 0 Å². The number of rotatable bonds is 2. The van der Waals surface area contributed by atoms with Gasteiger partial charge in [0, 0.05) is 0 Å². The number of hydrogen-bond acceptors (Lipinski definition) is 3. The van der Waals surface area contributed by atoms with Crippen LogP contribution in [0.25, 0.3) is 0 Å². The Morgan fingerprint density at radius 2 is 2.22 bits per heavy atom. The predicted octanol–water partition coefficient (Wildman–Crippen LogP) is -0.447. The van der Waals surface area contributed by atoms with Gasteiger partial charge in [0.05, 0.1) is 6.01 Å². The second-order valence-corrected chi connectivity index (χ2v) is 0.983. The molecule has 0 aromatic carbocycles. The molecule has 9 heavy (non-hydrogen) atoms. The molecule has 0 bridgehead atoms. The Morgan fingerprint density at radius 3 is 2.78 bits per heavy atom. The molecular formula is C4H3B2N3. The van der Waals surface area contributed by atoms with Gasteiger partial charge in [-0.1, -0.05) is 5.98 Å². The fourth-order valence-electron chi connectivity index (χ4n) is 0.201. The maximum atomic E-state index is 4.90. The molecule has 0 aliphatic heterocycles. The summed E-state index contributed by atoms with van der Waals surface area (Å²) in [5, 5.41) is 0. The molecule has 0 saturated carbocycles. The van der Waals surface area contributed by atoms with E-state index in [4.69, 9.17) is 7.85 Å². The van der Waals surface area contributed by atoms with Crippen LogP contribution in [0.2, 0.25) is 0 Å². The molecule has 0 aliphatic rings. The smallest absolute Gasteiger partial charge is 0.276 e. The van der Waals surface area contributed by atoms with Crippen LogP contribution in [0.15, 0.2) is 20.9 Å². The van der Waals surface area contributed by atoms with Gasteiger partial charge in [-0.15, -0.1) is 0 Å². The molecule has 0 aliphatic carbocycles. The van der Waals surface area contributed by atoms with Gasteiger partial charge in [0.25, 0.3) is 7.98 Å². The third-order valence-electron chi connectivity index (χ3n) is 0.436. The van der Waals surface area contributed by atoms with Crippen molar-refractivity contribution in [3.8, 4) is 0 Å². The Kier molecular flexibility index (Phi) is 6.16. The van der Waals surface area contributed by atoms with E-state index < -0.39 is 0 Å². The molecule has 0 spiro atoms. The first kappa shape index (κ1) is 7.96. The number of hydrogen-bond donors (Lipinski definition) is 0. The van der Waals surface area contributed by atoms with E-state index in [1.54, 1.807) is 0 Å². The second kappa shape index (κ2) is 6.96. The molecule has 5 heteroatoms. The van der Waals surface area contributed by atoms with Crippen LogP contribution in [0.1, 0.15) is 0 Å². The molecule has 0 aromatic heterocycles. The van der Waals surface area contributed by atoms with E-state index in [0.717, 1.165) is 0 Å². The molecule has 0 unspecified atom stereocenters. The summed E-state index contributed by atoms with van der Waals surface area (Å²) in [6.07, 6.45) is 0. The fourth-order valence-corrected chi connectivity index (χ4v) is 0.201. The third-order valence-corrected chi connectivity index (χ3v) is 0.436. The zero-order valence-corrected chi connectivity index (χ0v) is 4.78. The lowest BCUT2D eigenvalue weighted by atomic mass is 10.2. The molecule has 0 atom stereocenters. The van der Waals surface area contributed by atoms with E-state index in [0.29, 0.717) is 0 Å². The van der Waals surface area contributed by atoms with Crippen LogP contribution in [0.5, 0.6) is 0 Å². The number of aliphatic imine (C=N–C) groups is 2. The first-order valence-electron chi connectivity index (χ1n) is 2.18. The Morgan fingerprint density at radius 1 is 1.44 bits per heavy atom. The average Bonchev–Trinajstić information content (AvgIpc) is 1.89. The third kappa shape index (κ3) is 6.96. The minimum Gasteiger partial charge on any atom is -0.302 e. The van der Waals surface area contributed by atoms with E-state index in [2.05, 4.69) is 34.7 Å². The van der Waals surface area contributed by atoms with Crippen molar-refractivity contribution in [2.45, 2.75) is 0 Å². The highest BCUT2D eigenvalue weighted by Gasteiger charge is 1.61. The monoisotopic (exact) mass is 115 g/mol. The van der Waals surface area contributed by atoms with Crippen LogP contribution >= 0.6 is 0 Å². The first-order chi connectivity index (χ1) is 4.41. The SMILES string of the molecule is [B]C=C=NCN=C=N[B]. The lowest BCUT2D eigenvalue weighted by Gasteiger charge is -1.70. The van der Waals surface area contributed by atoms with Gasteiger partial charge in [-0.25, -0.2) is 9.98 Å². The summed E-state index contributed by atoms with van der Waals surface area (Å²) in [5.41, 5.74) is 0. The lowest BCUT2D eigenvalue weighted by Crippen LogP contribution is -1.69. The highest BCUT2D eigenvalue weighted by molar-refractivity contribution is 6.21. The van der Waals surface area contributed by atoms with Gasteiger partial charge >= 0.3 is 0 Å². The Labute approximate surface area is 56.2 Å². The molecule has 0 rings (SSSR count). The summed E-state index contributed by atoms with van der Waals surface area (Å²) in [4.78, 5) is 10.0. The van der Waals surface area contributed by atoms with Gasteiger partial charge in [0.15, 0.2) is 0 Å². The van der Waals surface area contributed by atoms with E-state index in [1.807, 2.05) is 0 Å². The maximum absolute atomic E-state index is 4.90. The standard InChI is InChI=1S/C4H3B2N3/c5-1-2-7-3-8-4-9-6/h1H,3H2. The summed E-state index contributed by atoms with van der Waals surface area (Å²) < 4.78 is 0. The van der Waals surface area contributed by atoms with Crippen molar-refractivity contribution in [2.24, 2.45) is 14.9 Å². The van der Waals surface area contributed by atoms with Gasteiger partial charge < -0.3 is 4.90 Å². The normalized spacial score (nSPS) is 6.22. The van der Waals surface area contributed by atoms with Crippen LogP contribution in [0, 0.1) is 0 Å². The Balaban J connectivity index is 3.53. The summed E-state index contributed by atoms with van der Waals surface area (Å²) in [6, 6.07) is 2.15. The van der Waals surface area contributed by atoms with Gasteiger partial charge in [-0.05, 0) is 5.87 Å². The van der Waals surface area contributed by atoms with Crippen molar-refractivity contribution in [1.82, 2.24) is 0 Å². The zero-order chi connectivity index (χ0) is 6.95. The van der Waals surface area contributed by atoms with Crippen LogP contribution in [-0.2, 0) is 0 Å². The molecule has 0 aromatic rings. The topological polar surface area (TPSA) is 37.1 Å². The summed E-state index contributed by atoms with van der Waals surface area (Å²) in [7, 11) is 9.57. The molecule has 0 fully saturated rings. The van der Waals surface area contributed by atoms with Crippen molar-refractivity contribution in [1.29, 1.82) is 0 Å². The summed E-state index contributed by atoms with van der Waals surface area (Å²) >= 11 is 0. The van der Waals surface area contributed by atoms with Crippen molar-refractivity contribution in [2.75, 3.05) is 6.67 Å². The minimum atomic E-state index is 0.203. The highest BCUT2D eigenvalue weighted by atomic mass is 14.9. The average molecular weight is 115 g/mol. The molecule has 0 amide bonds. The van der Waals surface area contributed by atoms with E-state index in [1.165, 1.54) is 5.98 Å². The molecule has 4 radical (unpaired) electrons. The van der Waals surface area contributed by atoms with Crippen LogP contribution in [0.3, 0.4) is 0 Å². The van der Waals surface area contributed by atoms with Crippen molar-refractivity contribution >= 4 is 27.7 Å². The Hall–Kier alpha value is -1.04. The van der Waals surface area contributed by atoms with Crippen LogP contribution in [0.4, 0.5) is 0 Å². The van der Waals surface area contributed by atoms with Crippen molar-refractivity contribution in [3.63, 3.8) is 0 Å². The minimum absolute atomic E-state index is 0.203. The quantitative estimate of drug-likeness (QED) is 0.345. The van der Waals surface area contributed by atoms with Crippen molar-refractivity contribution in [3.05, 3.63) is 5.98 Å². The molecule has 0 saturated heterocycles. The maximum Gasteiger partial charge on any atom is 0.276 e. The first-order valence-corrected chi connectivity index (χ1v) is 2.18. The molecule has 40 valence electrons. The zero-order valence-electron chi connectivity index (χ0n) is 4.78. The second-order valence-electron chi connectivity index (χ2n) is 0.983.